The number of amides is 2. The predicted molar refractivity (Wildman–Crippen MR) is 79.7 cm³/mol. The fraction of sp³-hybridized carbons (Fsp3) is 0.727. The number of nitriles is 1. The molecule has 0 rings (SSSR count). The average molecular weight is 363 g/mol. The van der Waals surface area contributed by atoms with Gasteiger partial charge in [0, 0.05) is 11.8 Å². The van der Waals surface area contributed by atoms with Crippen LogP contribution in [0.25, 0.3) is 0 Å². The lowest BCUT2D eigenvalue weighted by Gasteiger charge is -2.35. The number of hydrogen-bond donors (Lipinski definition) is 2. The summed E-state index contributed by atoms with van der Waals surface area (Å²) in [4.78, 5) is 20.6. The molecule has 9 heteroatoms. The lowest BCUT2D eigenvalue weighted by atomic mass is 9.84. The summed E-state index contributed by atoms with van der Waals surface area (Å²) in [5.74, 6) is -1.33. The Morgan fingerprint density at radius 1 is 1.10 bits per heavy atom. The molecule has 5 nitrogen and oxygen atoms in total. The lowest BCUT2D eigenvalue weighted by Crippen LogP contribution is -2.57. The molecule has 0 saturated carbocycles. The lowest BCUT2D eigenvalue weighted by molar-refractivity contribution is -0.124. The Hall–Kier alpha value is -0.410. The standard InChI is InChI=1S/C11H15Cl4N3O2/c1-11(2,4-3-5-16)10(17-8(19)6(12)13)18-9(20)7(14)15/h6-7,10H,3-4H2,1-2H3,(H,17,19)(H,18,20). The van der Waals surface area contributed by atoms with Gasteiger partial charge in [-0.05, 0) is 6.42 Å². The highest BCUT2D eigenvalue weighted by molar-refractivity contribution is 6.54. The van der Waals surface area contributed by atoms with Gasteiger partial charge >= 0.3 is 0 Å². The third-order valence-corrected chi connectivity index (χ3v) is 3.42. The summed E-state index contributed by atoms with van der Waals surface area (Å²) in [7, 11) is 0. The van der Waals surface area contributed by atoms with E-state index in [4.69, 9.17) is 51.7 Å². The topological polar surface area (TPSA) is 82.0 Å². The van der Waals surface area contributed by atoms with Crippen molar-refractivity contribution in [2.45, 2.75) is 42.5 Å². The molecule has 0 saturated heterocycles. The van der Waals surface area contributed by atoms with Gasteiger partial charge in [0.1, 0.15) is 6.17 Å². The Labute approximate surface area is 137 Å². The van der Waals surface area contributed by atoms with Gasteiger partial charge in [0.05, 0.1) is 6.07 Å². The van der Waals surface area contributed by atoms with E-state index in [0.29, 0.717) is 6.42 Å². The molecule has 0 aliphatic heterocycles. The number of halogens is 4. The molecular formula is C11H15Cl4N3O2. The molecule has 0 fully saturated rings. The van der Waals surface area contributed by atoms with Crippen LogP contribution in [0, 0.1) is 16.7 Å². The van der Waals surface area contributed by atoms with Crippen molar-refractivity contribution >= 4 is 58.2 Å². The third-order valence-electron chi connectivity index (χ3n) is 2.63. The number of nitrogens with zero attached hydrogens (tertiary/aromatic N) is 1. The number of hydrogen-bond acceptors (Lipinski definition) is 3. The van der Waals surface area contributed by atoms with Crippen molar-refractivity contribution in [3.8, 4) is 6.07 Å². The van der Waals surface area contributed by atoms with Crippen molar-refractivity contribution in [1.29, 1.82) is 5.26 Å². The maximum absolute atomic E-state index is 11.6. The molecule has 0 spiro atoms. The molecule has 0 heterocycles. The number of rotatable bonds is 7. The molecule has 2 amide bonds. The van der Waals surface area contributed by atoms with Gasteiger partial charge in [0.2, 0.25) is 0 Å². The second-order valence-corrected chi connectivity index (χ2v) is 6.89. The molecule has 0 aromatic rings. The maximum Gasteiger partial charge on any atom is 0.254 e. The van der Waals surface area contributed by atoms with Gasteiger partial charge in [0.25, 0.3) is 11.8 Å². The summed E-state index contributed by atoms with van der Waals surface area (Å²) in [6.45, 7) is 3.54. The molecule has 0 unspecified atom stereocenters. The van der Waals surface area contributed by atoms with Gasteiger partial charge in [-0.2, -0.15) is 5.26 Å². The van der Waals surface area contributed by atoms with Gasteiger partial charge in [-0.1, -0.05) is 60.3 Å². The van der Waals surface area contributed by atoms with E-state index < -0.39 is 33.1 Å². The van der Waals surface area contributed by atoms with Crippen molar-refractivity contribution in [2.75, 3.05) is 0 Å². The largest absolute Gasteiger partial charge is 0.333 e. The highest BCUT2D eigenvalue weighted by atomic mass is 35.5. The van der Waals surface area contributed by atoms with E-state index in [1.165, 1.54) is 0 Å². The Morgan fingerprint density at radius 2 is 1.50 bits per heavy atom. The zero-order chi connectivity index (χ0) is 15.9. The first kappa shape index (κ1) is 19.6. The first-order valence-corrected chi connectivity index (χ1v) is 7.40. The average Bonchev–Trinajstić information content (AvgIpc) is 2.34. The van der Waals surface area contributed by atoms with Gasteiger partial charge in [-0.15, -0.1) is 0 Å². The molecule has 0 aromatic heterocycles. The Balaban J connectivity index is 5.00. The number of carbonyl (C=O) groups excluding carboxylic acids is 2. The Kier molecular flexibility index (Phi) is 8.60. The van der Waals surface area contributed by atoms with Gasteiger partial charge in [-0.3, -0.25) is 9.59 Å². The molecule has 0 bridgehead atoms. The molecule has 0 radical (unpaired) electrons. The predicted octanol–water partition coefficient (Wildman–Crippen LogP) is 2.48. The minimum atomic E-state index is -1.27. The van der Waals surface area contributed by atoms with Crippen LogP contribution >= 0.6 is 46.4 Å². The molecule has 0 atom stereocenters. The van der Waals surface area contributed by atoms with Crippen LogP contribution in [0.5, 0.6) is 0 Å². The zero-order valence-electron chi connectivity index (χ0n) is 10.9. The summed E-state index contributed by atoms with van der Waals surface area (Å²) < 4.78 is 0. The zero-order valence-corrected chi connectivity index (χ0v) is 13.9. The molecule has 0 aliphatic rings. The van der Waals surface area contributed by atoms with Crippen LogP contribution in [-0.4, -0.2) is 27.7 Å². The van der Waals surface area contributed by atoms with Gasteiger partial charge in [-0.25, -0.2) is 0 Å². The fourth-order valence-corrected chi connectivity index (χ4v) is 1.61. The first-order chi connectivity index (χ1) is 9.11. The van der Waals surface area contributed by atoms with Crippen LogP contribution < -0.4 is 10.6 Å². The van der Waals surface area contributed by atoms with E-state index in [1.54, 1.807) is 13.8 Å². The van der Waals surface area contributed by atoms with Crippen molar-refractivity contribution in [1.82, 2.24) is 10.6 Å². The van der Waals surface area contributed by atoms with E-state index >= 15 is 0 Å². The van der Waals surface area contributed by atoms with Crippen LogP contribution in [0.1, 0.15) is 26.7 Å². The van der Waals surface area contributed by atoms with E-state index in [0.717, 1.165) is 0 Å². The normalized spacial score (nSPS) is 11.6. The fourth-order valence-electron chi connectivity index (χ4n) is 1.36. The summed E-state index contributed by atoms with van der Waals surface area (Å²) in [6.07, 6.45) is -0.124. The molecule has 0 aliphatic carbocycles. The van der Waals surface area contributed by atoms with Crippen molar-refractivity contribution in [3.63, 3.8) is 0 Å². The molecule has 0 aromatic carbocycles. The SMILES string of the molecule is CC(C)(CCC#N)C(NC(=O)C(Cl)Cl)NC(=O)C(Cl)Cl. The van der Waals surface area contributed by atoms with Gasteiger partial charge < -0.3 is 10.6 Å². The van der Waals surface area contributed by atoms with Crippen LogP contribution in [0.15, 0.2) is 0 Å². The Bertz CT molecular complexity index is 372. The van der Waals surface area contributed by atoms with Crippen molar-refractivity contribution < 1.29 is 9.59 Å². The molecule has 20 heavy (non-hydrogen) atoms. The summed E-state index contributed by atoms with van der Waals surface area (Å²) in [5.41, 5.74) is -0.619. The number of carbonyl (C=O) groups is 2. The van der Waals surface area contributed by atoms with Crippen LogP contribution in [0.3, 0.4) is 0 Å². The molecule has 114 valence electrons. The van der Waals surface area contributed by atoms with Crippen LogP contribution in [0.4, 0.5) is 0 Å². The summed E-state index contributed by atoms with van der Waals surface area (Å²) in [6, 6.07) is 2.00. The van der Waals surface area contributed by atoms with Crippen molar-refractivity contribution in [2.24, 2.45) is 5.41 Å². The second kappa shape index (κ2) is 8.78. The Morgan fingerprint density at radius 3 is 1.80 bits per heavy atom. The van der Waals surface area contributed by atoms with Crippen LogP contribution in [0.2, 0.25) is 0 Å². The smallest absolute Gasteiger partial charge is 0.254 e. The molecular weight excluding hydrogens is 348 g/mol. The third kappa shape index (κ3) is 6.85. The summed E-state index contributed by atoms with van der Waals surface area (Å²) >= 11 is 21.8. The van der Waals surface area contributed by atoms with E-state index in [2.05, 4.69) is 10.6 Å². The molecule has 2 N–H and O–H groups in total. The monoisotopic (exact) mass is 361 g/mol. The first-order valence-electron chi connectivity index (χ1n) is 5.66. The highest BCUT2D eigenvalue weighted by Gasteiger charge is 2.33. The van der Waals surface area contributed by atoms with Crippen LogP contribution in [-0.2, 0) is 9.59 Å². The quantitative estimate of drug-likeness (QED) is 0.539. The number of alkyl halides is 4. The summed E-state index contributed by atoms with van der Waals surface area (Å²) in [5, 5.41) is 13.6. The number of nitrogens with one attached hydrogen (secondary N) is 2. The maximum atomic E-state index is 11.6. The van der Waals surface area contributed by atoms with E-state index in [1.807, 2.05) is 6.07 Å². The van der Waals surface area contributed by atoms with Crippen molar-refractivity contribution in [3.05, 3.63) is 0 Å². The highest BCUT2D eigenvalue weighted by Crippen LogP contribution is 2.26. The minimum absolute atomic E-state index is 0.256. The van der Waals surface area contributed by atoms with Gasteiger partial charge in [0.15, 0.2) is 9.67 Å². The van der Waals surface area contributed by atoms with E-state index in [9.17, 15) is 9.59 Å². The second-order valence-electron chi connectivity index (χ2n) is 4.70. The minimum Gasteiger partial charge on any atom is -0.333 e. The van der Waals surface area contributed by atoms with E-state index in [-0.39, 0.29) is 6.42 Å².